The molecule has 2 aliphatic rings. The maximum atomic E-state index is 3.62. The second kappa shape index (κ2) is 7.55. The molecule has 1 aromatic carbocycles. The van der Waals surface area contributed by atoms with Crippen molar-refractivity contribution in [3.8, 4) is 0 Å². The molecule has 3 rings (SSSR count). The number of hydrazine groups is 2. The van der Waals surface area contributed by atoms with Crippen LogP contribution in [0.3, 0.4) is 0 Å². The van der Waals surface area contributed by atoms with Gasteiger partial charge in [0.2, 0.25) is 0 Å². The molecule has 2 heterocycles. The average molecular weight is 302 g/mol. The van der Waals surface area contributed by atoms with Gasteiger partial charge in [-0.05, 0) is 17.9 Å². The normalized spacial score (nSPS) is 27.2. The molecule has 2 aliphatic heterocycles. The fourth-order valence-electron chi connectivity index (χ4n) is 3.66. The van der Waals surface area contributed by atoms with Crippen LogP contribution in [0.15, 0.2) is 30.3 Å². The van der Waals surface area contributed by atoms with E-state index in [0.717, 1.165) is 38.6 Å². The summed E-state index contributed by atoms with van der Waals surface area (Å²) >= 11 is 0. The Balaban J connectivity index is 1.54. The van der Waals surface area contributed by atoms with Gasteiger partial charge in [0.05, 0.1) is 0 Å². The van der Waals surface area contributed by atoms with Crippen molar-refractivity contribution < 1.29 is 0 Å². The minimum absolute atomic E-state index is 0.659. The average Bonchev–Trinajstić information content (AvgIpc) is 2.85. The van der Waals surface area contributed by atoms with Crippen molar-refractivity contribution in [1.29, 1.82) is 0 Å². The number of nitrogens with zero attached hydrogens (tertiary/aromatic N) is 3. The lowest BCUT2D eigenvalue weighted by Crippen LogP contribution is -2.57. The van der Waals surface area contributed by atoms with Gasteiger partial charge >= 0.3 is 0 Å². The van der Waals surface area contributed by atoms with Crippen molar-refractivity contribution in [2.45, 2.75) is 39.3 Å². The largest absolute Gasteiger partial charge is 0.296 e. The highest BCUT2D eigenvalue weighted by atomic mass is 15.8. The SMILES string of the molecule is CCCCNN1CC(C)C2CN(Cc3ccccc3)CCN21. The molecule has 0 aliphatic carbocycles. The molecular formula is C18H30N4. The lowest BCUT2D eigenvalue weighted by atomic mass is 10.0. The summed E-state index contributed by atoms with van der Waals surface area (Å²) in [5, 5.41) is 4.96. The molecule has 0 spiro atoms. The van der Waals surface area contributed by atoms with Crippen LogP contribution in [-0.4, -0.2) is 53.8 Å². The Hall–Kier alpha value is -0.940. The predicted molar refractivity (Wildman–Crippen MR) is 91.0 cm³/mol. The van der Waals surface area contributed by atoms with E-state index in [1.807, 2.05) is 0 Å². The Morgan fingerprint density at radius 3 is 2.73 bits per heavy atom. The number of benzene rings is 1. The summed E-state index contributed by atoms with van der Waals surface area (Å²) in [5.74, 6) is 0.729. The second-order valence-corrected chi connectivity index (χ2v) is 6.77. The fraction of sp³-hybridized carbons (Fsp3) is 0.667. The summed E-state index contributed by atoms with van der Waals surface area (Å²) < 4.78 is 0. The van der Waals surface area contributed by atoms with E-state index in [9.17, 15) is 0 Å². The standard InChI is InChI=1S/C18H30N4/c1-3-4-10-19-22-13-16(2)18-15-20(11-12-21(18)22)14-17-8-6-5-7-9-17/h5-9,16,18-19H,3-4,10-15H2,1-2H3. The molecule has 1 aromatic rings. The number of rotatable bonds is 6. The monoisotopic (exact) mass is 302 g/mol. The van der Waals surface area contributed by atoms with Crippen molar-refractivity contribution in [1.82, 2.24) is 20.5 Å². The number of nitrogens with one attached hydrogen (secondary N) is 1. The summed E-state index contributed by atoms with van der Waals surface area (Å²) in [6, 6.07) is 11.5. The maximum absolute atomic E-state index is 3.62. The van der Waals surface area contributed by atoms with Gasteiger partial charge in [0.15, 0.2) is 0 Å². The van der Waals surface area contributed by atoms with Crippen LogP contribution in [0.1, 0.15) is 32.3 Å². The minimum Gasteiger partial charge on any atom is -0.296 e. The van der Waals surface area contributed by atoms with Gasteiger partial charge in [0, 0.05) is 45.3 Å². The molecule has 4 heteroatoms. The van der Waals surface area contributed by atoms with E-state index in [1.165, 1.54) is 24.9 Å². The van der Waals surface area contributed by atoms with Gasteiger partial charge < -0.3 is 0 Å². The molecule has 0 amide bonds. The molecule has 2 saturated heterocycles. The van der Waals surface area contributed by atoms with E-state index in [4.69, 9.17) is 0 Å². The summed E-state index contributed by atoms with van der Waals surface area (Å²) in [6.45, 7) is 11.5. The van der Waals surface area contributed by atoms with E-state index >= 15 is 0 Å². The number of fused-ring (bicyclic) bond motifs is 1. The van der Waals surface area contributed by atoms with Crippen molar-refractivity contribution in [2.75, 3.05) is 32.7 Å². The summed E-state index contributed by atoms with van der Waals surface area (Å²) in [6.07, 6.45) is 2.51. The topological polar surface area (TPSA) is 21.8 Å². The number of piperazine rings is 1. The lowest BCUT2D eigenvalue weighted by Gasteiger charge is -2.41. The second-order valence-electron chi connectivity index (χ2n) is 6.77. The third kappa shape index (κ3) is 3.69. The zero-order chi connectivity index (χ0) is 15.4. The zero-order valence-corrected chi connectivity index (χ0v) is 14.0. The van der Waals surface area contributed by atoms with Crippen molar-refractivity contribution in [2.24, 2.45) is 5.92 Å². The predicted octanol–water partition coefficient (Wildman–Crippen LogP) is 2.34. The molecule has 0 saturated carbocycles. The number of hydrogen-bond acceptors (Lipinski definition) is 4. The molecule has 1 N–H and O–H groups in total. The molecule has 2 unspecified atom stereocenters. The van der Waals surface area contributed by atoms with Crippen LogP contribution in [0.4, 0.5) is 0 Å². The molecule has 0 bridgehead atoms. The number of hydrogen-bond donors (Lipinski definition) is 1. The molecule has 2 atom stereocenters. The van der Waals surface area contributed by atoms with Crippen LogP contribution in [0.25, 0.3) is 0 Å². The molecule has 4 nitrogen and oxygen atoms in total. The van der Waals surface area contributed by atoms with Crippen LogP contribution in [-0.2, 0) is 6.54 Å². The van der Waals surface area contributed by atoms with Gasteiger partial charge in [-0.2, -0.15) is 5.12 Å². The Kier molecular flexibility index (Phi) is 5.47. The van der Waals surface area contributed by atoms with Gasteiger partial charge in [0.1, 0.15) is 0 Å². The van der Waals surface area contributed by atoms with Gasteiger partial charge in [-0.15, -0.1) is 0 Å². The van der Waals surface area contributed by atoms with Crippen LogP contribution in [0.5, 0.6) is 0 Å². The lowest BCUT2D eigenvalue weighted by molar-refractivity contribution is -0.0808. The van der Waals surface area contributed by atoms with Gasteiger partial charge in [-0.1, -0.05) is 50.6 Å². The van der Waals surface area contributed by atoms with Crippen LogP contribution >= 0.6 is 0 Å². The zero-order valence-electron chi connectivity index (χ0n) is 14.0. The smallest absolute Gasteiger partial charge is 0.0426 e. The first kappa shape index (κ1) is 15.9. The molecule has 0 aromatic heterocycles. The van der Waals surface area contributed by atoms with E-state index in [1.54, 1.807) is 0 Å². The molecule has 2 fully saturated rings. The van der Waals surface area contributed by atoms with E-state index in [0.29, 0.717) is 6.04 Å². The maximum Gasteiger partial charge on any atom is 0.0426 e. The summed E-state index contributed by atoms with van der Waals surface area (Å²) in [5.41, 5.74) is 5.05. The van der Waals surface area contributed by atoms with Gasteiger partial charge in [-0.25, -0.2) is 10.4 Å². The Bertz CT molecular complexity index is 450. The van der Waals surface area contributed by atoms with Gasteiger partial charge in [0.25, 0.3) is 0 Å². The first-order valence-corrected chi connectivity index (χ1v) is 8.82. The molecule has 22 heavy (non-hydrogen) atoms. The number of unbranched alkanes of at least 4 members (excludes halogenated alkanes) is 1. The first-order valence-electron chi connectivity index (χ1n) is 8.82. The van der Waals surface area contributed by atoms with E-state index in [2.05, 4.69) is 64.6 Å². The Labute approximate surface area is 135 Å². The first-order chi connectivity index (χ1) is 10.8. The summed E-state index contributed by atoms with van der Waals surface area (Å²) in [4.78, 5) is 2.61. The molecule has 122 valence electrons. The minimum atomic E-state index is 0.659. The van der Waals surface area contributed by atoms with Gasteiger partial charge in [-0.3, -0.25) is 4.90 Å². The summed E-state index contributed by atoms with van der Waals surface area (Å²) in [7, 11) is 0. The van der Waals surface area contributed by atoms with Crippen LogP contribution < -0.4 is 5.43 Å². The highest BCUT2D eigenvalue weighted by molar-refractivity contribution is 5.14. The van der Waals surface area contributed by atoms with E-state index < -0.39 is 0 Å². The third-order valence-corrected chi connectivity index (χ3v) is 4.97. The highest BCUT2D eigenvalue weighted by Gasteiger charge is 2.40. The Morgan fingerprint density at radius 2 is 1.95 bits per heavy atom. The van der Waals surface area contributed by atoms with Crippen molar-refractivity contribution in [3.05, 3.63) is 35.9 Å². The van der Waals surface area contributed by atoms with Crippen molar-refractivity contribution in [3.63, 3.8) is 0 Å². The Morgan fingerprint density at radius 1 is 1.14 bits per heavy atom. The molecular weight excluding hydrogens is 272 g/mol. The third-order valence-electron chi connectivity index (χ3n) is 4.97. The van der Waals surface area contributed by atoms with Crippen LogP contribution in [0.2, 0.25) is 0 Å². The highest BCUT2D eigenvalue weighted by Crippen LogP contribution is 2.26. The van der Waals surface area contributed by atoms with E-state index in [-0.39, 0.29) is 0 Å². The van der Waals surface area contributed by atoms with Crippen molar-refractivity contribution >= 4 is 0 Å². The molecule has 0 radical (unpaired) electrons. The quantitative estimate of drug-likeness (QED) is 0.814. The fourth-order valence-corrected chi connectivity index (χ4v) is 3.66. The van der Waals surface area contributed by atoms with Crippen LogP contribution in [0, 0.1) is 5.92 Å².